The Morgan fingerprint density at radius 2 is 2.09 bits per heavy atom. The summed E-state index contributed by atoms with van der Waals surface area (Å²) in [5, 5.41) is 3.46. The quantitative estimate of drug-likeness (QED) is 0.610. The van der Waals surface area contributed by atoms with E-state index < -0.39 is 24.6 Å². The fourth-order valence-electron chi connectivity index (χ4n) is 1.68. The van der Waals surface area contributed by atoms with Crippen LogP contribution in [0, 0.1) is 0 Å². The highest BCUT2D eigenvalue weighted by molar-refractivity contribution is 6.30. The molecular weight excluding hydrogens is 326 g/mol. The molecule has 0 spiro atoms. The van der Waals surface area contributed by atoms with Crippen molar-refractivity contribution in [1.82, 2.24) is 10.1 Å². The molecule has 0 saturated heterocycles. The first-order valence-corrected chi connectivity index (χ1v) is 6.80. The molecule has 2 heterocycles. The first kappa shape index (κ1) is 13.1. The molecule has 0 fully saturated rings. The third-order valence-corrected chi connectivity index (χ3v) is 2.77. The highest BCUT2D eigenvalue weighted by atomic mass is 35.5. The van der Waals surface area contributed by atoms with Crippen molar-refractivity contribution in [3.8, 4) is 0 Å². The smallest absolute Gasteiger partial charge is 0.414 e. The molecule has 0 saturated carbocycles. The first-order valence-electron chi connectivity index (χ1n) is 7.92. The Morgan fingerprint density at radius 3 is 2.65 bits per heavy atom. The molecule has 0 aliphatic carbocycles. The Hall–Kier alpha value is -2.35. The Balaban J connectivity index is 2.69. The third kappa shape index (κ3) is 3.53. The number of halogens is 1. The molecule has 0 radical (unpaired) electrons. The number of amides is 1. The summed E-state index contributed by atoms with van der Waals surface area (Å²) < 4.78 is 37.7. The fourth-order valence-corrected chi connectivity index (χ4v) is 1.87. The Morgan fingerprint density at radius 1 is 1.39 bits per heavy atom. The minimum Gasteiger partial charge on any atom is -0.463 e. The lowest BCUT2D eigenvalue weighted by Gasteiger charge is -2.24. The summed E-state index contributed by atoms with van der Waals surface area (Å²) in [4.78, 5) is 28.5. The normalized spacial score (nSPS) is 13.9. The zero-order valence-corrected chi connectivity index (χ0v) is 13.6. The van der Waals surface area contributed by atoms with Crippen LogP contribution in [0.4, 0.5) is 10.5 Å². The molecule has 2 rings (SSSR count). The van der Waals surface area contributed by atoms with Gasteiger partial charge in [0.05, 0.1) is 12.8 Å². The van der Waals surface area contributed by atoms with E-state index in [2.05, 4.69) is 14.9 Å². The average Bonchev–Trinajstić information content (AvgIpc) is 2.86. The monoisotopic (exact) mass is 344 g/mol. The van der Waals surface area contributed by atoms with Crippen LogP contribution >= 0.6 is 11.6 Å². The number of fused-ring (bicyclic) bond motifs is 1. The highest BCUT2D eigenvalue weighted by Crippen LogP contribution is 2.30. The van der Waals surface area contributed by atoms with Crippen molar-refractivity contribution in [2.45, 2.75) is 26.4 Å². The molecule has 0 aliphatic rings. The largest absolute Gasteiger partial charge is 0.463 e. The molecule has 23 heavy (non-hydrogen) atoms. The second-order valence-corrected chi connectivity index (χ2v) is 5.87. The number of pyridine rings is 1. The van der Waals surface area contributed by atoms with Gasteiger partial charge in [0.15, 0.2) is 5.52 Å². The number of nitrogens with zero attached hydrogens (tertiary/aromatic N) is 3. The minimum absolute atomic E-state index is 0.142. The number of methoxy groups -OCH3 is 1. The topological polar surface area (TPSA) is 94.8 Å². The van der Waals surface area contributed by atoms with Crippen LogP contribution in [-0.4, -0.2) is 41.9 Å². The molecule has 0 aromatic carbocycles. The number of ether oxygens (including phenoxy) is 2. The molecule has 0 unspecified atom stereocenters. The number of anilines is 1. The lowest BCUT2D eigenvalue weighted by Crippen LogP contribution is -2.34. The van der Waals surface area contributed by atoms with Crippen LogP contribution in [0.3, 0.4) is 0 Å². The predicted molar refractivity (Wildman–Crippen MR) is 82.8 cm³/mol. The molecule has 0 bridgehead atoms. The van der Waals surface area contributed by atoms with Crippen LogP contribution in [0.15, 0.2) is 10.6 Å². The first-order chi connectivity index (χ1) is 11.8. The average molecular weight is 345 g/mol. The fraction of sp³-hybridized carbons (Fsp3) is 0.429. The van der Waals surface area contributed by atoms with E-state index in [0.29, 0.717) is 4.90 Å². The number of rotatable bonds is 2. The highest BCUT2D eigenvalue weighted by Gasteiger charge is 2.27. The summed E-state index contributed by atoms with van der Waals surface area (Å²) in [6, 6.07) is 1.11. The van der Waals surface area contributed by atoms with Crippen molar-refractivity contribution in [2.24, 2.45) is 0 Å². The van der Waals surface area contributed by atoms with Crippen LogP contribution in [0.2, 0.25) is 5.15 Å². The van der Waals surface area contributed by atoms with Crippen LogP contribution in [0.1, 0.15) is 35.4 Å². The van der Waals surface area contributed by atoms with Gasteiger partial charge in [-0.05, 0) is 20.8 Å². The van der Waals surface area contributed by atoms with E-state index in [1.54, 1.807) is 20.8 Å². The maximum absolute atomic E-state index is 12.5. The minimum atomic E-state index is -2.93. The molecule has 0 atom stereocenters. The number of hydrogen-bond donors (Lipinski definition) is 0. The lowest BCUT2D eigenvalue weighted by atomic mass is 10.2. The maximum atomic E-state index is 12.5. The molecule has 124 valence electrons. The van der Waals surface area contributed by atoms with E-state index in [-0.39, 0.29) is 27.6 Å². The van der Waals surface area contributed by atoms with Crippen molar-refractivity contribution >= 4 is 40.4 Å². The summed E-state index contributed by atoms with van der Waals surface area (Å²) in [5.41, 5.74) is -1.49. The lowest BCUT2D eigenvalue weighted by molar-refractivity contribution is 0.0554. The third-order valence-electron chi connectivity index (χ3n) is 2.57. The van der Waals surface area contributed by atoms with Gasteiger partial charge in [0, 0.05) is 17.2 Å². The van der Waals surface area contributed by atoms with Gasteiger partial charge in [-0.2, -0.15) is 0 Å². The van der Waals surface area contributed by atoms with E-state index in [1.165, 1.54) is 0 Å². The van der Waals surface area contributed by atoms with Gasteiger partial charge < -0.3 is 14.0 Å². The maximum Gasteiger partial charge on any atom is 0.414 e. The number of carbonyl (C=O) groups excluding carboxylic acids is 2. The van der Waals surface area contributed by atoms with Crippen molar-refractivity contribution in [2.75, 3.05) is 19.0 Å². The predicted octanol–water partition coefficient (Wildman–Crippen LogP) is 3.03. The van der Waals surface area contributed by atoms with Gasteiger partial charge >= 0.3 is 12.1 Å². The molecular formula is C14H16ClN3O5. The Kier molecular flexibility index (Phi) is 3.44. The van der Waals surface area contributed by atoms with Crippen LogP contribution in [0.5, 0.6) is 0 Å². The van der Waals surface area contributed by atoms with Crippen LogP contribution < -0.4 is 4.90 Å². The molecule has 1 amide bonds. The summed E-state index contributed by atoms with van der Waals surface area (Å²) in [6.45, 7) is 1.83. The Bertz CT molecular complexity index is 860. The van der Waals surface area contributed by atoms with Gasteiger partial charge in [-0.1, -0.05) is 16.8 Å². The van der Waals surface area contributed by atoms with E-state index in [1.807, 2.05) is 0 Å². The van der Waals surface area contributed by atoms with Crippen LogP contribution in [-0.2, 0) is 9.47 Å². The van der Waals surface area contributed by atoms with E-state index in [9.17, 15) is 9.59 Å². The standard InChI is InChI=1S/C14H16ClN3O5/c1-14(2,3)22-13(20)18(4)7-6-8(15)16-10-9(7)17-23-11(10)12(19)21-5/h6H,1-5H3/i4D3. The molecule has 8 nitrogen and oxygen atoms in total. The van der Waals surface area contributed by atoms with Crippen molar-refractivity contribution < 1.29 is 27.7 Å². The van der Waals surface area contributed by atoms with Crippen molar-refractivity contribution in [3.63, 3.8) is 0 Å². The van der Waals surface area contributed by atoms with Gasteiger partial charge in [0.25, 0.3) is 5.76 Å². The van der Waals surface area contributed by atoms with Gasteiger partial charge in [0.1, 0.15) is 16.3 Å². The summed E-state index contributed by atoms with van der Waals surface area (Å²) in [6.07, 6.45) is -1.15. The number of carbonyl (C=O) groups is 2. The second-order valence-electron chi connectivity index (χ2n) is 5.48. The van der Waals surface area contributed by atoms with Gasteiger partial charge in [0.2, 0.25) is 0 Å². The van der Waals surface area contributed by atoms with Gasteiger partial charge in [-0.15, -0.1) is 0 Å². The molecule has 2 aromatic heterocycles. The zero-order valence-electron chi connectivity index (χ0n) is 15.8. The summed E-state index contributed by atoms with van der Waals surface area (Å²) in [5.74, 6) is -1.26. The SMILES string of the molecule is [2H]C([2H])([2H])N(C(=O)OC(C)(C)C)c1cc(Cl)nc2c(C(=O)OC)onc12. The van der Waals surface area contributed by atoms with Crippen molar-refractivity contribution in [1.29, 1.82) is 0 Å². The number of aromatic nitrogens is 2. The van der Waals surface area contributed by atoms with Gasteiger partial charge in [-0.25, -0.2) is 14.6 Å². The second kappa shape index (κ2) is 6.04. The Labute approximate surface area is 141 Å². The molecule has 2 aromatic rings. The van der Waals surface area contributed by atoms with Crippen molar-refractivity contribution in [3.05, 3.63) is 17.0 Å². The summed E-state index contributed by atoms with van der Waals surface area (Å²) in [7, 11) is 1.12. The summed E-state index contributed by atoms with van der Waals surface area (Å²) >= 11 is 5.94. The van der Waals surface area contributed by atoms with E-state index in [0.717, 1.165) is 13.2 Å². The number of esters is 1. The van der Waals surface area contributed by atoms with Gasteiger partial charge in [-0.3, -0.25) is 4.90 Å². The zero-order chi connectivity index (χ0) is 19.9. The molecule has 9 heteroatoms. The molecule has 0 N–H and O–H groups in total. The van der Waals surface area contributed by atoms with Crippen LogP contribution in [0.25, 0.3) is 11.0 Å². The molecule has 0 aliphatic heterocycles. The van der Waals surface area contributed by atoms with E-state index in [4.69, 9.17) is 25.0 Å². The number of hydrogen-bond acceptors (Lipinski definition) is 7. The van der Waals surface area contributed by atoms with E-state index >= 15 is 0 Å².